The normalized spacial score (nSPS) is 18.6. The molecule has 1 heterocycles. The monoisotopic (exact) mass is 293 g/mol. The van der Waals surface area contributed by atoms with E-state index >= 15 is 0 Å². The predicted octanol–water partition coefficient (Wildman–Crippen LogP) is 2.70. The van der Waals surface area contributed by atoms with Gasteiger partial charge in [-0.1, -0.05) is 6.92 Å². The van der Waals surface area contributed by atoms with E-state index in [-0.39, 0.29) is 16.7 Å². The van der Waals surface area contributed by atoms with E-state index in [1.54, 1.807) is 6.07 Å². The lowest BCUT2D eigenvalue weighted by Crippen LogP contribution is -2.44. The Bertz CT molecular complexity index is 493. The van der Waals surface area contributed by atoms with Crippen LogP contribution in [0.4, 0.5) is 11.4 Å². The number of nitrogens with zero attached hydrogens (tertiary/aromatic N) is 2. The van der Waals surface area contributed by atoms with Gasteiger partial charge in [0.15, 0.2) is 0 Å². The Morgan fingerprint density at radius 1 is 1.43 bits per heavy atom. The van der Waals surface area contributed by atoms with E-state index in [9.17, 15) is 10.1 Å². The molecule has 1 saturated heterocycles. The highest BCUT2D eigenvalue weighted by Gasteiger charge is 2.23. The van der Waals surface area contributed by atoms with Gasteiger partial charge in [-0.15, -0.1) is 0 Å². The molecular formula is C15H23N3O3. The van der Waals surface area contributed by atoms with Crippen LogP contribution in [-0.2, 0) is 0 Å². The summed E-state index contributed by atoms with van der Waals surface area (Å²) in [7, 11) is 0. The van der Waals surface area contributed by atoms with E-state index in [4.69, 9.17) is 10.5 Å². The third-order valence-electron chi connectivity index (χ3n) is 3.79. The fourth-order valence-electron chi connectivity index (χ4n) is 2.73. The lowest BCUT2D eigenvalue weighted by molar-refractivity contribution is -0.384. The van der Waals surface area contributed by atoms with Crippen molar-refractivity contribution >= 4 is 11.4 Å². The molecule has 0 aliphatic carbocycles. The molecule has 0 bridgehead atoms. The van der Waals surface area contributed by atoms with Crippen molar-refractivity contribution < 1.29 is 9.66 Å². The zero-order valence-electron chi connectivity index (χ0n) is 12.5. The second-order valence-corrected chi connectivity index (χ2v) is 5.37. The number of benzene rings is 1. The first-order valence-electron chi connectivity index (χ1n) is 7.54. The van der Waals surface area contributed by atoms with Crippen LogP contribution < -0.4 is 15.4 Å². The van der Waals surface area contributed by atoms with Gasteiger partial charge in [-0.05, 0) is 25.7 Å². The van der Waals surface area contributed by atoms with E-state index in [2.05, 4.69) is 4.90 Å². The minimum Gasteiger partial charge on any atom is -0.493 e. The van der Waals surface area contributed by atoms with Crippen LogP contribution in [0.15, 0.2) is 18.2 Å². The van der Waals surface area contributed by atoms with Crippen LogP contribution in [-0.4, -0.2) is 30.7 Å². The van der Waals surface area contributed by atoms with Crippen LogP contribution in [0.5, 0.6) is 5.75 Å². The molecule has 2 rings (SSSR count). The van der Waals surface area contributed by atoms with E-state index in [0.717, 1.165) is 37.9 Å². The molecule has 0 aromatic heterocycles. The smallest absolute Gasteiger partial charge is 0.275 e. The molecule has 21 heavy (non-hydrogen) atoms. The molecule has 1 aliphatic heterocycles. The molecule has 116 valence electrons. The van der Waals surface area contributed by atoms with Crippen molar-refractivity contribution in [1.82, 2.24) is 0 Å². The molecule has 2 N–H and O–H groups in total. The van der Waals surface area contributed by atoms with Crippen molar-refractivity contribution in [2.75, 3.05) is 24.6 Å². The van der Waals surface area contributed by atoms with Crippen LogP contribution in [0, 0.1) is 10.1 Å². The highest BCUT2D eigenvalue weighted by Crippen LogP contribution is 2.32. The summed E-state index contributed by atoms with van der Waals surface area (Å²) >= 11 is 0. The molecule has 0 radical (unpaired) electrons. The second-order valence-electron chi connectivity index (χ2n) is 5.37. The summed E-state index contributed by atoms with van der Waals surface area (Å²) in [4.78, 5) is 12.9. The number of piperidine rings is 1. The number of anilines is 1. The van der Waals surface area contributed by atoms with Crippen molar-refractivity contribution in [3.63, 3.8) is 0 Å². The molecule has 6 heteroatoms. The number of hydrogen-bond donors (Lipinski definition) is 1. The maximum atomic E-state index is 11.1. The lowest BCUT2D eigenvalue weighted by atomic mass is 10.0. The zero-order valence-corrected chi connectivity index (χ0v) is 12.5. The maximum Gasteiger partial charge on any atom is 0.275 e. The fraction of sp³-hybridized carbons (Fsp3) is 0.600. The average Bonchev–Trinajstić information content (AvgIpc) is 2.52. The number of non-ortho nitro benzene ring substituents is 1. The molecule has 6 nitrogen and oxygen atoms in total. The third-order valence-corrected chi connectivity index (χ3v) is 3.79. The van der Waals surface area contributed by atoms with Gasteiger partial charge in [0, 0.05) is 37.0 Å². The highest BCUT2D eigenvalue weighted by atomic mass is 16.6. The van der Waals surface area contributed by atoms with Crippen LogP contribution in [0.1, 0.15) is 32.6 Å². The summed E-state index contributed by atoms with van der Waals surface area (Å²) in [6.07, 6.45) is 4.15. The topological polar surface area (TPSA) is 81.6 Å². The first-order chi connectivity index (χ1) is 10.2. The van der Waals surface area contributed by atoms with Crippen LogP contribution >= 0.6 is 0 Å². The van der Waals surface area contributed by atoms with Gasteiger partial charge in [0.1, 0.15) is 5.75 Å². The van der Waals surface area contributed by atoms with E-state index in [1.807, 2.05) is 13.0 Å². The lowest BCUT2D eigenvalue weighted by Gasteiger charge is -2.37. The largest absolute Gasteiger partial charge is 0.493 e. The summed E-state index contributed by atoms with van der Waals surface area (Å²) in [5.41, 5.74) is 6.75. The van der Waals surface area contributed by atoms with Crippen LogP contribution in [0.2, 0.25) is 0 Å². The molecule has 0 amide bonds. The Morgan fingerprint density at radius 2 is 2.24 bits per heavy atom. The van der Waals surface area contributed by atoms with Crippen molar-refractivity contribution in [3.05, 3.63) is 28.3 Å². The molecule has 1 aromatic carbocycles. The molecule has 1 aromatic rings. The highest BCUT2D eigenvalue weighted by molar-refractivity contribution is 5.59. The summed E-state index contributed by atoms with van der Waals surface area (Å²) in [6, 6.07) is 5.24. The van der Waals surface area contributed by atoms with Crippen molar-refractivity contribution in [1.29, 1.82) is 0 Å². The van der Waals surface area contributed by atoms with E-state index < -0.39 is 0 Å². The van der Waals surface area contributed by atoms with Gasteiger partial charge >= 0.3 is 0 Å². The predicted molar refractivity (Wildman–Crippen MR) is 82.9 cm³/mol. The maximum absolute atomic E-state index is 11.1. The van der Waals surface area contributed by atoms with Gasteiger partial charge in [-0.2, -0.15) is 0 Å². The molecule has 1 fully saturated rings. The molecule has 0 saturated carbocycles. The third kappa shape index (κ3) is 3.85. The molecule has 1 atom stereocenters. The fourth-order valence-corrected chi connectivity index (χ4v) is 2.73. The van der Waals surface area contributed by atoms with Gasteiger partial charge in [-0.25, -0.2) is 0 Å². The Hall–Kier alpha value is -1.82. The zero-order chi connectivity index (χ0) is 15.2. The summed E-state index contributed by atoms with van der Waals surface area (Å²) in [5.74, 6) is 0.558. The standard InChI is InChI=1S/C15H23N3O3/c1-2-7-21-15-9-13(8-14(10-15)18(19)20)17-6-4-3-5-12(17)11-16/h8-10,12H,2-7,11,16H2,1H3. The van der Waals surface area contributed by atoms with Crippen LogP contribution in [0.25, 0.3) is 0 Å². The summed E-state index contributed by atoms with van der Waals surface area (Å²) in [5, 5.41) is 11.1. The molecule has 0 spiro atoms. The average molecular weight is 293 g/mol. The second kappa shape index (κ2) is 7.26. The number of nitro benzene ring substituents is 1. The first kappa shape index (κ1) is 15.6. The minimum absolute atomic E-state index is 0.0694. The Kier molecular flexibility index (Phi) is 5.38. The Morgan fingerprint density at radius 3 is 2.90 bits per heavy atom. The summed E-state index contributed by atoms with van der Waals surface area (Å²) in [6.45, 7) is 4.01. The quantitative estimate of drug-likeness (QED) is 0.644. The SMILES string of the molecule is CCCOc1cc(N2CCCCC2CN)cc([N+](=O)[O-])c1. The minimum atomic E-state index is -0.371. The van der Waals surface area contributed by atoms with Gasteiger partial charge in [0.2, 0.25) is 0 Å². The number of rotatable bonds is 6. The Labute approximate surface area is 125 Å². The van der Waals surface area contributed by atoms with Gasteiger partial charge in [-0.3, -0.25) is 10.1 Å². The summed E-state index contributed by atoms with van der Waals surface area (Å²) < 4.78 is 5.58. The number of ether oxygens (including phenoxy) is 1. The number of hydrogen-bond acceptors (Lipinski definition) is 5. The molecule has 1 unspecified atom stereocenters. The first-order valence-corrected chi connectivity index (χ1v) is 7.54. The van der Waals surface area contributed by atoms with E-state index in [0.29, 0.717) is 18.9 Å². The number of nitrogens with two attached hydrogens (primary N) is 1. The van der Waals surface area contributed by atoms with Crippen molar-refractivity contribution in [2.45, 2.75) is 38.6 Å². The van der Waals surface area contributed by atoms with Crippen molar-refractivity contribution in [3.8, 4) is 5.75 Å². The number of nitro groups is 1. The molecular weight excluding hydrogens is 270 g/mol. The Balaban J connectivity index is 2.31. The van der Waals surface area contributed by atoms with Gasteiger partial charge < -0.3 is 15.4 Å². The molecule has 1 aliphatic rings. The van der Waals surface area contributed by atoms with Gasteiger partial charge in [0.05, 0.1) is 17.6 Å². The van der Waals surface area contributed by atoms with Crippen molar-refractivity contribution in [2.24, 2.45) is 5.73 Å². The van der Waals surface area contributed by atoms with E-state index in [1.165, 1.54) is 6.07 Å². The van der Waals surface area contributed by atoms with Gasteiger partial charge in [0.25, 0.3) is 5.69 Å². The van der Waals surface area contributed by atoms with Crippen LogP contribution in [0.3, 0.4) is 0 Å².